The summed E-state index contributed by atoms with van der Waals surface area (Å²) in [6.45, 7) is 5.89. The van der Waals surface area contributed by atoms with Crippen LogP contribution in [0.15, 0.2) is 65.3 Å². The maximum atomic E-state index is 12.3. The van der Waals surface area contributed by atoms with Gasteiger partial charge in [-0.15, -0.1) is 0 Å². The summed E-state index contributed by atoms with van der Waals surface area (Å²) < 4.78 is 6.32. The molecule has 5 rings (SSSR count). The monoisotopic (exact) mass is 470 g/mol. The molecule has 35 heavy (non-hydrogen) atoms. The largest absolute Gasteiger partial charge is 0.437 e. The van der Waals surface area contributed by atoms with Gasteiger partial charge in [0.25, 0.3) is 5.91 Å². The number of anilines is 1. The molecule has 2 aromatic heterocycles. The van der Waals surface area contributed by atoms with Crippen molar-refractivity contribution in [2.24, 2.45) is 0 Å². The third kappa shape index (κ3) is 4.89. The Hall–Kier alpha value is -3.75. The number of amides is 1. The molecule has 4 aromatic rings. The normalized spacial score (nSPS) is 14.2. The van der Waals surface area contributed by atoms with Crippen molar-refractivity contribution >= 4 is 22.8 Å². The molecule has 8 heteroatoms. The molecule has 0 spiro atoms. The summed E-state index contributed by atoms with van der Waals surface area (Å²) in [6, 6.07) is 17.7. The number of carbonyl (C=O) groups is 1. The van der Waals surface area contributed by atoms with Crippen LogP contribution in [0.2, 0.25) is 0 Å². The van der Waals surface area contributed by atoms with Gasteiger partial charge in [-0.2, -0.15) is 0 Å². The van der Waals surface area contributed by atoms with Crippen LogP contribution < -0.4 is 10.6 Å². The number of nitrogens with one attached hydrogen (secondary N) is 2. The van der Waals surface area contributed by atoms with Gasteiger partial charge in [0.05, 0.1) is 5.39 Å². The third-order valence-electron chi connectivity index (χ3n) is 6.28. The van der Waals surface area contributed by atoms with E-state index in [0.717, 1.165) is 67.2 Å². The second-order valence-corrected chi connectivity index (χ2v) is 8.87. The van der Waals surface area contributed by atoms with Crippen LogP contribution >= 0.6 is 0 Å². The van der Waals surface area contributed by atoms with Crippen LogP contribution in [-0.2, 0) is 0 Å². The van der Waals surface area contributed by atoms with Crippen LogP contribution in [0.5, 0.6) is 0 Å². The van der Waals surface area contributed by atoms with Crippen LogP contribution in [-0.4, -0.2) is 79.0 Å². The zero-order valence-corrected chi connectivity index (χ0v) is 20.1. The third-order valence-corrected chi connectivity index (χ3v) is 6.28. The molecule has 1 amide bonds. The number of hydrogen-bond donors (Lipinski definition) is 2. The first-order valence-corrected chi connectivity index (χ1v) is 11.9. The molecule has 2 N–H and O–H groups in total. The fraction of sp³-hybridized carbons (Fsp3) is 0.296. The van der Waals surface area contributed by atoms with Gasteiger partial charge in [-0.25, -0.2) is 9.97 Å². The Morgan fingerprint density at radius 2 is 1.77 bits per heavy atom. The van der Waals surface area contributed by atoms with E-state index in [0.29, 0.717) is 17.0 Å². The minimum absolute atomic E-state index is 0.0359. The SMILES string of the molecule is CN(C)C(=O)c1ccc(-c2oc3ncnc(NCCN4CCNCC4)c3c2-c2ccccc2)cc1. The molecule has 0 bridgehead atoms. The van der Waals surface area contributed by atoms with Crippen molar-refractivity contribution < 1.29 is 9.21 Å². The first-order chi connectivity index (χ1) is 17.1. The summed E-state index contributed by atoms with van der Waals surface area (Å²) >= 11 is 0. The predicted octanol–water partition coefficient (Wildman–Crippen LogP) is 3.58. The van der Waals surface area contributed by atoms with E-state index in [1.807, 2.05) is 42.5 Å². The second kappa shape index (κ2) is 10.2. The molecule has 0 unspecified atom stereocenters. The lowest BCUT2D eigenvalue weighted by Crippen LogP contribution is -2.45. The second-order valence-electron chi connectivity index (χ2n) is 8.87. The number of nitrogens with zero attached hydrogens (tertiary/aromatic N) is 4. The van der Waals surface area contributed by atoms with Gasteiger partial charge in [-0.1, -0.05) is 42.5 Å². The maximum absolute atomic E-state index is 12.3. The Morgan fingerprint density at radius 1 is 1.03 bits per heavy atom. The average molecular weight is 471 g/mol. The molecule has 0 aliphatic carbocycles. The maximum Gasteiger partial charge on any atom is 0.253 e. The molecule has 8 nitrogen and oxygen atoms in total. The van der Waals surface area contributed by atoms with E-state index in [1.54, 1.807) is 19.0 Å². The van der Waals surface area contributed by atoms with Gasteiger partial charge in [0, 0.05) is 70.1 Å². The number of rotatable bonds is 7. The van der Waals surface area contributed by atoms with E-state index in [1.165, 1.54) is 6.33 Å². The van der Waals surface area contributed by atoms with Crippen LogP contribution in [0.1, 0.15) is 10.4 Å². The molecule has 1 aliphatic heterocycles. The average Bonchev–Trinajstić information content (AvgIpc) is 3.30. The molecular weight excluding hydrogens is 440 g/mol. The number of benzene rings is 2. The molecule has 0 saturated carbocycles. The molecule has 2 aromatic carbocycles. The zero-order valence-electron chi connectivity index (χ0n) is 20.1. The summed E-state index contributed by atoms with van der Waals surface area (Å²) in [7, 11) is 3.50. The van der Waals surface area contributed by atoms with E-state index < -0.39 is 0 Å². The number of piperazine rings is 1. The van der Waals surface area contributed by atoms with Gasteiger partial charge in [-0.05, 0) is 17.7 Å². The van der Waals surface area contributed by atoms with Gasteiger partial charge in [0.2, 0.25) is 5.71 Å². The van der Waals surface area contributed by atoms with Crippen molar-refractivity contribution in [1.82, 2.24) is 25.1 Å². The highest BCUT2D eigenvalue weighted by molar-refractivity contribution is 6.06. The molecule has 180 valence electrons. The predicted molar refractivity (Wildman–Crippen MR) is 138 cm³/mol. The Kier molecular flexibility index (Phi) is 6.74. The van der Waals surface area contributed by atoms with Gasteiger partial charge in [0.1, 0.15) is 17.9 Å². The topological polar surface area (TPSA) is 86.5 Å². The van der Waals surface area contributed by atoms with Gasteiger partial charge >= 0.3 is 0 Å². The number of aromatic nitrogens is 2. The fourth-order valence-corrected chi connectivity index (χ4v) is 4.44. The van der Waals surface area contributed by atoms with Crippen molar-refractivity contribution in [1.29, 1.82) is 0 Å². The number of furan rings is 1. The quantitative estimate of drug-likeness (QED) is 0.427. The molecule has 0 radical (unpaired) electrons. The van der Waals surface area contributed by atoms with E-state index in [4.69, 9.17) is 4.42 Å². The standard InChI is InChI=1S/C27H30N6O2/c1-32(2)27(34)21-10-8-20(9-11-21)24-22(19-6-4-3-5-7-19)23-25(30-18-31-26(23)35-24)29-14-17-33-15-12-28-13-16-33/h3-11,18,28H,12-17H2,1-2H3,(H,29,30,31). The number of carbonyl (C=O) groups excluding carboxylic acids is 1. The van der Waals surface area contributed by atoms with Gasteiger partial charge < -0.3 is 20.0 Å². The van der Waals surface area contributed by atoms with Crippen LogP contribution in [0.25, 0.3) is 33.6 Å². The van der Waals surface area contributed by atoms with Crippen molar-refractivity contribution in [3.63, 3.8) is 0 Å². The number of fused-ring (bicyclic) bond motifs is 1. The van der Waals surface area contributed by atoms with Crippen molar-refractivity contribution in [2.75, 3.05) is 58.7 Å². The van der Waals surface area contributed by atoms with E-state index in [2.05, 4.69) is 37.6 Å². The highest BCUT2D eigenvalue weighted by Crippen LogP contribution is 2.42. The molecule has 1 saturated heterocycles. The minimum Gasteiger partial charge on any atom is -0.437 e. The van der Waals surface area contributed by atoms with Crippen LogP contribution in [0.4, 0.5) is 5.82 Å². The van der Waals surface area contributed by atoms with Crippen molar-refractivity contribution in [3.05, 3.63) is 66.5 Å². The summed E-state index contributed by atoms with van der Waals surface area (Å²) in [5, 5.41) is 7.78. The van der Waals surface area contributed by atoms with Gasteiger partial charge in [0.15, 0.2) is 0 Å². The van der Waals surface area contributed by atoms with Crippen LogP contribution in [0.3, 0.4) is 0 Å². The molecule has 1 fully saturated rings. The van der Waals surface area contributed by atoms with Crippen molar-refractivity contribution in [3.8, 4) is 22.5 Å². The van der Waals surface area contributed by atoms with Gasteiger partial charge in [-0.3, -0.25) is 9.69 Å². The van der Waals surface area contributed by atoms with Crippen LogP contribution in [0, 0.1) is 0 Å². The minimum atomic E-state index is -0.0359. The Labute approximate surface area is 205 Å². The fourth-order valence-electron chi connectivity index (χ4n) is 4.44. The zero-order chi connectivity index (χ0) is 24.2. The van der Waals surface area contributed by atoms with E-state index in [-0.39, 0.29) is 5.91 Å². The Morgan fingerprint density at radius 3 is 2.49 bits per heavy atom. The summed E-state index contributed by atoms with van der Waals surface area (Å²) in [4.78, 5) is 25.4. The highest BCUT2D eigenvalue weighted by Gasteiger charge is 2.22. The molecule has 3 heterocycles. The first-order valence-electron chi connectivity index (χ1n) is 11.9. The lowest BCUT2D eigenvalue weighted by Gasteiger charge is -2.27. The molecule has 1 aliphatic rings. The number of hydrogen-bond acceptors (Lipinski definition) is 7. The summed E-state index contributed by atoms with van der Waals surface area (Å²) in [5.74, 6) is 1.44. The highest BCUT2D eigenvalue weighted by atomic mass is 16.3. The Balaban J connectivity index is 1.53. The van der Waals surface area contributed by atoms with E-state index >= 15 is 0 Å². The van der Waals surface area contributed by atoms with Crippen molar-refractivity contribution in [2.45, 2.75) is 0 Å². The molecule has 0 atom stereocenters. The summed E-state index contributed by atoms with van der Waals surface area (Å²) in [5.41, 5.74) is 4.01. The summed E-state index contributed by atoms with van der Waals surface area (Å²) in [6.07, 6.45) is 1.54. The Bertz CT molecular complexity index is 1290. The lowest BCUT2D eigenvalue weighted by atomic mass is 9.98. The molecular formula is C27H30N6O2. The van der Waals surface area contributed by atoms with E-state index in [9.17, 15) is 4.79 Å². The lowest BCUT2D eigenvalue weighted by molar-refractivity contribution is 0.0827. The smallest absolute Gasteiger partial charge is 0.253 e. The first kappa shape index (κ1) is 23.0.